The van der Waals surface area contributed by atoms with Crippen LogP contribution < -0.4 is 4.90 Å². The molecule has 6 heteroatoms. The summed E-state index contributed by atoms with van der Waals surface area (Å²) in [4.78, 5) is 15.4. The van der Waals surface area contributed by atoms with Crippen molar-refractivity contribution >= 4 is 34.4 Å². The molecule has 0 aliphatic heterocycles. The molecule has 1 amide bonds. The molecule has 0 bridgehead atoms. The topological polar surface area (TPSA) is 41.4 Å². The van der Waals surface area contributed by atoms with Gasteiger partial charge in [0.15, 0.2) is 5.82 Å². The van der Waals surface area contributed by atoms with E-state index >= 15 is 0 Å². The maximum absolute atomic E-state index is 12.1. The van der Waals surface area contributed by atoms with Crippen LogP contribution in [0.5, 0.6) is 0 Å². The SMILES string of the molecule is CN(C)C(=O)n1nc(N(C)C)c2ccc(Cl)cc21. The maximum atomic E-state index is 12.1. The Balaban J connectivity index is 2.73. The molecule has 0 N–H and O–H groups in total. The molecule has 2 rings (SSSR count). The fourth-order valence-corrected chi connectivity index (χ4v) is 1.90. The highest BCUT2D eigenvalue weighted by atomic mass is 35.5. The number of carbonyl (C=O) groups is 1. The fourth-order valence-electron chi connectivity index (χ4n) is 1.74. The Labute approximate surface area is 111 Å². The van der Waals surface area contributed by atoms with E-state index in [1.54, 1.807) is 26.2 Å². The Morgan fingerprint density at radius 1 is 1.28 bits per heavy atom. The second-order valence-corrected chi connectivity index (χ2v) is 4.90. The van der Waals surface area contributed by atoms with E-state index in [4.69, 9.17) is 11.6 Å². The van der Waals surface area contributed by atoms with E-state index in [1.807, 2.05) is 25.1 Å². The molecule has 96 valence electrons. The third-order valence-corrected chi connectivity index (χ3v) is 2.85. The highest BCUT2D eigenvalue weighted by Gasteiger charge is 2.18. The van der Waals surface area contributed by atoms with Crippen molar-refractivity contribution in [2.75, 3.05) is 33.1 Å². The molecule has 2 aromatic rings. The lowest BCUT2D eigenvalue weighted by atomic mass is 10.2. The molecule has 5 nitrogen and oxygen atoms in total. The predicted molar refractivity (Wildman–Crippen MR) is 73.6 cm³/mol. The molecule has 1 aromatic heterocycles. The maximum Gasteiger partial charge on any atom is 0.344 e. The zero-order chi connectivity index (χ0) is 13.4. The van der Waals surface area contributed by atoms with Gasteiger partial charge in [0.25, 0.3) is 0 Å². The molecule has 0 saturated carbocycles. The Kier molecular flexibility index (Phi) is 3.17. The number of amides is 1. The Morgan fingerprint density at radius 2 is 1.94 bits per heavy atom. The molecule has 0 atom stereocenters. The number of nitrogens with zero attached hydrogens (tertiary/aromatic N) is 4. The number of fused-ring (bicyclic) bond motifs is 1. The summed E-state index contributed by atoms with van der Waals surface area (Å²) in [6.07, 6.45) is 0. The zero-order valence-electron chi connectivity index (χ0n) is 10.8. The van der Waals surface area contributed by atoms with Gasteiger partial charge in [-0.05, 0) is 18.2 Å². The van der Waals surface area contributed by atoms with Crippen LogP contribution in [0.4, 0.5) is 10.6 Å². The summed E-state index contributed by atoms with van der Waals surface area (Å²) in [7, 11) is 7.16. The highest BCUT2D eigenvalue weighted by Crippen LogP contribution is 2.27. The van der Waals surface area contributed by atoms with Crippen molar-refractivity contribution in [1.29, 1.82) is 0 Å². The molecule has 0 radical (unpaired) electrons. The molecule has 0 saturated heterocycles. The molecule has 0 spiro atoms. The molecule has 0 fully saturated rings. The Morgan fingerprint density at radius 3 is 2.50 bits per heavy atom. The summed E-state index contributed by atoms with van der Waals surface area (Å²) in [5.74, 6) is 0.747. The van der Waals surface area contributed by atoms with E-state index in [-0.39, 0.29) is 6.03 Å². The third-order valence-electron chi connectivity index (χ3n) is 2.61. The molecule has 0 unspecified atom stereocenters. The van der Waals surface area contributed by atoms with Gasteiger partial charge in [-0.2, -0.15) is 4.68 Å². The van der Waals surface area contributed by atoms with Gasteiger partial charge in [0.05, 0.1) is 5.52 Å². The lowest BCUT2D eigenvalue weighted by molar-refractivity contribution is 0.217. The van der Waals surface area contributed by atoms with Crippen LogP contribution in [-0.4, -0.2) is 48.9 Å². The van der Waals surface area contributed by atoms with Crippen LogP contribution in [0, 0.1) is 0 Å². The van der Waals surface area contributed by atoms with E-state index < -0.39 is 0 Å². The first-order valence-corrected chi connectivity index (χ1v) is 5.87. The standard InChI is InChI=1S/C12H15ClN4O/c1-15(2)11-9-6-5-8(13)7-10(9)17(14-11)12(18)16(3)4/h5-7H,1-4H3. The number of halogens is 1. The second kappa shape index (κ2) is 4.49. The average molecular weight is 267 g/mol. The van der Waals surface area contributed by atoms with Crippen LogP contribution >= 0.6 is 11.6 Å². The van der Waals surface area contributed by atoms with Crippen LogP contribution in [0.15, 0.2) is 18.2 Å². The minimum atomic E-state index is -0.199. The number of carbonyl (C=O) groups excluding carboxylic acids is 1. The van der Waals surface area contributed by atoms with Gasteiger partial charge in [-0.15, -0.1) is 5.10 Å². The van der Waals surface area contributed by atoms with Gasteiger partial charge in [-0.3, -0.25) is 0 Å². The predicted octanol–water partition coefficient (Wildman–Crippen LogP) is 2.29. The van der Waals surface area contributed by atoms with Crippen molar-refractivity contribution in [2.45, 2.75) is 0 Å². The molecule has 0 aliphatic rings. The van der Waals surface area contributed by atoms with Crippen molar-refractivity contribution in [3.63, 3.8) is 0 Å². The van der Waals surface area contributed by atoms with E-state index in [0.29, 0.717) is 10.5 Å². The van der Waals surface area contributed by atoms with Gasteiger partial charge in [-0.25, -0.2) is 4.79 Å². The first-order chi connectivity index (χ1) is 8.41. The van der Waals surface area contributed by atoms with E-state index in [0.717, 1.165) is 11.2 Å². The molecular formula is C12H15ClN4O. The third kappa shape index (κ3) is 2.01. The highest BCUT2D eigenvalue weighted by molar-refractivity contribution is 6.31. The quantitative estimate of drug-likeness (QED) is 0.795. The minimum Gasteiger partial charge on any atom is -0.361 e. The van der Waals surface area contributed by atoms with E-state index in [2.05, 4.69) is 5.10 Å². The average Bonchev–Trinajstić information content (AvgIpc) is 2.66. The van der Waals surface area contributed by atoms with Gasteiger partial charge in [0, 0.05) is 38.6 Å². The van der Waals surface area contributed by atoms with Gasteiger partial charge in [0.1, 0.15) is 0 Å². The lowest BCUT2D eigenvalue weighted by Gasteiger charge is -2.10. The summed E-state index contributed by atoms with van der Waals surface area (Å²) in [6.45, 7) is 0. The van der Waals surface area contributed by atoms with Crippen LogP contribution in [0.3, 0.4) is 0 Å². The van der Waals surface area contributed by atoms with Crippen LogP contribution in [-0.2, 0) is 0 Å². The van der Waals surface area contributed by atoms with Crippen LogP contribution in [0.25, 0.3) is 10.9 Å². The monoisotopic (exact) mass is 266 g/mol. The van der Waals surface area contributed by atoms with Crippen molar-refractivity contribution in [3.8, 4) is 0 Å². The molecule has 1 aromatic carbocycles. The Hall–Kier alpha value is -1.75. The zero-order valence-corrected chi connectivity index (χ0v) is 11.6. The lowest BCUT2D eigenvalue weighted by Crippen LogP contribution is -2.28. The number of aromatic nitrogens is 2. The van der Waals surface area contributed by atoms with Crippen LogP contribution in [0.1, 0.15) is 0 Å². The van der Waals surface area contributed by atoms with Gasteiger partial charge < -0.3 is 9.80 Å². The second-order valence-electron chi connectivity index (χ2n) is 4.47. The summed E-state index contributed by atoms with van der Waals surface area (Å²) >= 11 is 5.98. The Bertz CT molecular complexity index is 603. The normalized spacial score (nSPS) is 10.7. The van der Waals surface area contributed by atoms with Crippen molar-refractivity contribution < 1.29 is 4.79 Å². The van der Waals surface area contributed by atoms with E-state index in [1.165, 1.54) is 9.58 Å². The van der Waals surface area contributed by atoms with Gasteiger partial charge >= 0.3 is 6.03 Å². The fraction of sp³-hybridized carbons (Fsp3) is 0.333. The van der Waals surface area contributed by atoms with Crippen molar-refractivity contribution in [1.82, 2.24) is 14.7 Å². The summed E-state index contributed by atoms with van der Waals surface area (Å²) in [5, 5.41) is 5.83. The smallest absolute Gasteiger partial charge is 0.344 e. The minimum absolute atomic E-state index is 0.199. The number of benzene rings is 1. The summed E-state index contributed by atoms with van der Waals surface area (Å²) < 4.78 is 1.37. The molecular weight excluding hydrogens is 252 g/mol. The van der Waals surface area contributed by atoms with Crippen LogP contribution in [0.2, 0.25) is 5.02 Å². The number of hydrogen-bond acceptors (Lipinski definition) is 3. The van der Waals surface area contributed by atoms with Gasteiger partial charge in [0.2, 0.25) is 0 Å². The largest absolute Gasteiger partial charge is 0.361 e. The molecule has 18 heavy (non-hydrogen) atoms. The molecule has 1 heterocycles. The number of hydrogen-bond donors (Lipinski definition) is 0. The molecule has 0 aliphatic carbocycles. The summed E-state index contributed by atoms with van der Waals surface area (Å²) in [5.41, 5.74) is 0.713. The summed E-state index contributed by atoms with van der Waals surface area (Å²) in [6, 6.07) is 5.22. The first kappa shape index (κ1) is 12.7. The van der Waals surface area contributed by atoms with Crippen molar-refractivity contribution in [2.24, 2.45) is 0 Å². The number of anilines is 1. The van der Waals surface area contributed by atoms with Gasteiger partial charge in [-0.1, -0.05) is 11.6 Å². The van der Waals surface area contributed by atoms with E-state index in [9.17, 15) is 4.79 Å². The number of rotatable bonds is 1. The van der Waals surface area contributed by atoms with Crippen molar-refractivity contribution in [3.05, 3.63) is 23.2 Å². The first-order valence-electron chi connectivity index (χ1n) is 5.49.